The van der Waals surface area contributed by atoms with Crippen LogP contribution in [0.4, 0.5) is 0 Å². The lowest BCUT2D eigenvalue weighted by molar-refractivity contribution is 0.162. The second-order valence-corrected chi connectivity index (χ2v) is 5.23. The highest BCUT2D eigenvalue weighted by atomic mass is 32.2. The van der Waals surface area contributed by atoms with Crippen LogP contribution in [0.3, 0.4) is 0 Å². The summed E-state index contributed by atoms with van der Waals surface area (Å²) in [5, 5.41) is 0. The zero-order valence-electron chi connectivity index (χ0n) is 9.46. The molecule has 84 valence electrons. The standard InChI is InChI=1S/C4H10O.2C2H6OS/c1-3-5-4-2;2*1-4(2)3/h3-4H2,1-2H3;2*1-2H3. The van der Waals surface area contributed by atoms with Gasteiger partial charge < -0.3 is 13.8 Å². The molecule has 5 heteroatoms. The van der Waals surface area contributed by atoms with Crippen molar-refractivity contribution in [2.24, 2.45) is 0 Å². The van der Waals surface area contributed by atoms with Crippen molar-refractivity contribution in [1.29, 1.82) is 0 Å². The summed E-state index contributed by atoms with van der Waals surface area (Å²) in [6.45, 7) is 5.67. The molecule has 0 N–H and O–H groups in total. The van der Waals surface area contributed by atoms with Crippen molar-refractivity contribution in [3.63, 3.8) is 0 Å². The minimum absolute atomic E-state index is 0.611. The minimum Gasteiger partial charge on any atom is -0.617 e. The highest BCUT2D eigenvalue weighted by Gasteiger charge is 1.66. The molecule has 0 aromatic rings. The van der Waals surface area contributed by atoms with Gasteiger partial charge in [-0.2, -0.15) is 0 Å². The van der Waals surface area contributed by atoms with E-state index in [1.54, 1.807) is 25.0 Å². The number of rotatable bonds is 2. The normalized spacial score (nSPS) is 8.77. The molecule has 0 amide bonds. The molecule has 0 aromatic heterocycles. The fourth-order valence-electron chi connectivity index (χ4n) is 0.204. The van der Waals surface area contributed by atoms with Gasteiger partial charge in [0.1, 0.15) is 0 Å². The van der Waals surface area contributed by atoms with Crippen molar-refractivity contribution >= 4 is 22.4 Å². The molecule has 0 saturated heterocycles. The lowest BCUT2D eigenvalue weighted by atomic mass is 10.8. The molecule has 0 rings (SSSR count). The van der Waals surface area contributed by atoms with E-state index in [-0.39, 0.29) is 0 Å². The summed E-state index contributed by atoms with van der Waals surface area (Å²) in [6, 6.07) is 0. The zero-order chi connectivity index (χ0) is 11.3. The predicted molar refractivity (Wildman–Crippen MR) is 62.1 cm³/mol. The van der Waals surface area contributed by atoms with Crippen LogP contribution in [0.5, 0.6) is 0 Å². The third-order valence-electron chi connectivity index (χ3n) is 0.408. The first kappa shape index (κ1) is 19.2. The molecule has 0 bridgehead atoms. The quantitative estimate of drug-likeness (QED) is 0.666. The highest BCUT2D eigenvalue weighted by Crippen LogP contribution is 1.64. The van der Waals surface area contributed by atoms with Gasteiger partial charge in [-0.1, -0.05) is 22.4 Å². The molecule has 0 aliphatic rings. The van der Waals surface area contributed by atoms with E-state index < -0.39 is 22.4 Å². The summed E-state index contributed by atoms with van der Waals surface area (Å²) >= 11 is -1.22. The molecule has 3 nitrogen and oxygen atoms in total. The molecule has 0 atom stereocenters. The van der Waals surface area contributed by atoms with Crippen LogP contribution in [0.1, 0.15) is 13.8 Å². The van der Waals surface area contributed by atoms with Gasteiger partial charge in [0, 0.05) is 13.2 Å². The molecule has 0 spiro atoms. The first-order chi connectivity index (χ1) is 5.88. The van der Waals surface area contributed by atoms with E-state index in [0.717, 1.165) is 13.2 Å². The third kappa shape index (κ3) is 212. The first-order valence-electron chi connectivity index (χ1n) is 3.96. The Balaban J connectivity index is -0.000000117. The van der Waals surface area contributed by atoms with Gasteiger partial charge in [-0.05, 0) is 13.8 Å². The Bertz CT molecular complexity index is 56.9. The topological polar surface area (TPSA) is 55.3 Å². The van der Waals surface area contributed by atoms with Crippen LogP contribution in [-0.4, -0.2) is 47.3 Å². The van der Waals surface area contributed by atoms with Crippen molar-refractivity contribution in [1.82, 2.24) is 0 Å². The first-order valence-corrected chi connectivity index (χ1v) is 7.89. The van der Waals surface area contributed by atoms with E-state index in [9.17, 15) is 9.11 Å². The fourth-order valence-corrected chi connectivity index (χ4v) is 0.204. The van der Waals surface area contributed by atoms with Crippen molar-refractivity contribution in [2.45, 2.75) is 13.8 Å². The molecule has 0 heterocycles. The molecule has 0 aromatic carbocycles. The van der Waals surface area contributed by atoms with Crippen molar-refractivity contribution in [3.8, 4) is 0 Å². The van der Waals surface area contributed by atoms with Crippen molar-refractivity contribution < 1.29 is 13.8 Å². The summed E-state index contributed by atoms with van der Waals surface area (Å²) in [4.78, 5) is 0. The van der Waals surface area contributed by atoms with E-state index in [1.165, 1.54) is 0 Å². The van der Waals surface area contributed by atoms with Gasteiger partial charge in [0.15, 0.2) is 0 Å². The van der Waals surface area contributed by atoms with Crippen LogP contribution in [0.15, 0.2) is 0 Å². The average molecular weight is 230 g/mol. The van der Waals surface area contributed by atoms with Crippen molar-refractivity contribution in [3.05, 3.63) is 0 Å². The third-order valence-corrected chi connectivity index (χ3v) is 0.408. The van der Waals surface area contributed by atoms with Crippen LogP contribution >= 0.6 is 0 Å². The SMILES string of the molecule is CCOCC.C[S+](C)[O-].C[S+](C)[O-]. The van der Waals surface area contributed by atoms with E-state index in [2.05, 4.69) is 0 Å². The zero-order valence-corrected chi connectivity index (χ0v) is 11.1. The Morgan fingerprint density at radius 3 is 1.00 bits per heavy atom. The largest absolute Gasteiger partial charge is 0.617 e. The Morgan fingerprint density at radius 2 is 1.00 bits per heavy atom. The Morgan fingerprint density at radius 1 is 0.846 bits per heavy atom. The maximum atomic E-state index is 9.56. The molecular formula is C8H22O3S2. The Kier molecular flexibility index (Phi) is 27.1. The molecule has 0 aliphatic heterocycles. The van der Waals surface area contributed by atoms with Crippen LogP contribution < -0.4 is 0 Å². The second kappa shape index (κ2) is 18.4. The summed E-state index contributed by atoms with van der Waals surface area (Å²) < 4.78 is 23.9. The molecule has 0 saturated carbocycles. The molecule has 13 heavy (non-hydrogen) atoms. The van der Waals surface area contributed by atoms with Gasteiger partial charge in [-0.25, -0.2) is 0 Å². The van der Waals surface area contributed by atoms with Crippen molar-refractivity contribution in [2.75, 3.05) is 38.2 Å². The monoisotopic (exact) mass is 230 g/mol. The maximum Gasteiger partial charge on any atom is 0.0946 e. The molecule has 0 fully saturated rings. The molecule has 0 unspecified atom stereocenters. The van der Waals surface area contributed by atoms with Gasteiger partial charge in [-0.15, -0.1) is 0 Å². The summed E-state index contributed by atoms with van der Waals surface area (Å²) in [7, 11) is 0. The number of hydrogen-bond donors (Lipinski definition) is 0. The second-order valence-electron chi connectivity index (χ2n) is 2.26. The van der Waals surface area contributed by atoms with Gasteiger partial charge in [0.2, 0.25) is 0 Å². The summed E-state index contributed by atoms with van der Waals surface area (Å²) in [6.07, 6.45) is 6.56. The van der Waals surface area contributed by atoms with Crippen LogP contribution in [0.2, 0.25) is 0 Å². The fraction of sp³-hybridized carbons (Fsp3) is 1.00. The van der Waals surface area contributed by atoms with Crippen LogP contribution in [0, 0.1) is 0 Å². The van der Waals surface area contributed by atoms with Gasteiger partial charge >= 0.3 is 0 Å². The number of ether oxygens (including phenoxy) is 1. The highest BCUT2D eigenvalue weighted by molar-refractivity contribution is 7.90. The summed E-state index contributed by atoms with van der Waals surface area (Å²) in [5.41, 5.74) is 0. The van der Waals surface area contributed by atoms with Crippen LogP contribution in [0.25, 0.3) is 0 Å². The maximum absolute atomic E-state index is 9.56. The van der Waals surface area contributed by atoms with E-state index in [1.807, 2.05) is 13.8 Å². The lowest BCUT2D eigenvalue weighted by Crippen LogP contribution is -1.86. The van der Waals surface area contributed by atoms with Gasteiger partial charge in [0.25, 0.3) is 0 Å². The minimum atomic E-state index is -0.611. The molecule has 0 radical (unpaired) electrons. The van der Waals surface area contributed by atoms with E-state index in [0.29, 0.717) is 0 Å². The van der Waals surface area contributed by atoms with E-state index in [4.69, 9.17) is 4.74 Å². The average Bonchev–Trinajstić information content (AvgIpc) is 1.86. The molecule has 0 aliphatic carbocycles. The Labute approximate surface area is 88.6 Å². The number of hydrogen-bond acceptors (Lipinski definition) is 3. The van der Waals surface area contributed by atoms with Crippen LogP contribution in [-0.2, 0) is 27.1 Å². The van der Waals surface area contributed by atoms with E-state index >= 15 is 0 Å². The summed E-state index contributed by atoms with van der Waals surface area (Å²) in [5.74, 6) is 0. The predicted octanol–water partition coefficient (Wildman–Crippen LogP) is 1.03. The smallest absolute Gasteiger partial charge is 0.0946 e. The molecular weight excluding hydrogens is 208 g/mol. The van der Waals surface area contributed by atoms with Gasteiger partial charge in [-0.3, -0.25) is 0 Å². The van der Waals surface area contributed by atoms with Gasteiger partial charge in [0.05, 0.1) is 25.0 Å². The lowest BCUT2D eigenvalue weighted by Gasteiger charge is -1.87. The Hall–Kier alpha value is 0.580.